The van der Waals surface area contributed by atoms with Crippen molar-refractivity contribution in [1.29, 1.82) is 0 Å². The number of nitrogens with one attached hydrogen (secondary N) is 1. The first-order chi connectivity index (χ1) is 13.9. The Labute approximate surface area is 184 Å². The second kappa shape index (κ2) is 9.51. The van der Waals surface area contributed by atoms with Gasteiger partial charge in [0.05, 0.1) is 16.3 Å². The van der Waals surface area contributed by atoms with Crippen LogP contribution in [0.5, 0.6) is 0 Å². The first-order valence-electron chi connectivity index (χ1n) is 8.61. The first-order valence-corrected chi connectivity index (χ1v) is 12.5. The van der Waals surface area contributed by atoms with Crippen LogP contribution in [0.4, 0.5) is 10.1 Å². The minimum atomic E-state index is -4.49. The number of carbonyl (C=O) groups is 1. The summed E-state index contributed by atoms with van der Waals surface area (Å²) in [5.41, 5.74) is -0.354. The maximum Gasteiger partial charge on any atom is 0.264 e. The van der Waals surface area contributed by atoms with Crippen LogP contribution in [0, 0.1) is 5.82 Å². The lowest BCUT2D eigenvalue weighted by atomic mass is 10.3. The molecule has 0 saturated carbocycles. The molecule has 12 heteroatoms. The Morgan fingerprint density at radius 3 is 2.17 bits per heavy atom. The molecule has 7 nitrogen and oxygen atoms in total. The van der Waals surface area contributed by atoms with Crippen molar-refractivity contribution >= 4 is 54.7 Å². The lowest BCUT2D eigenvalue weighted by Crippen LogP contribution is -2.28. The van der Waals surface area contributed by atoms with Crippen LogP contribution in [0.3, 0.4) is 0 Å². The highest BCUT2D eigenvalue weighted by molar-refractivity contribution is 7.93. The molecule has 0 fully saturated rings. The van der Waals surface area contributed by atoms with Crippen LogP contribution in [-0.2, 0) is 24.7 Å². The molecule has 0 radical (unpaired) electrons. The van der Waals surface area contributed by atoms with Gasteiger partial charge in [0.2, 0.25) is 5.91 Å². The van der Waals surface area contributed by atoms with Crippen LogP contribution in [-0.4, -0.2) is 47.0 Å². The quantitative estimate of drug-likeness (QED) is 0.601. The molecule has 30 heavy (non-hydrogen) atoms. The Morgan fingerprint density at radius 2 is 1.60 bits per heavy atom. The third-order valence-electron chi connectivity index (χ3n) is 4.19. The SMILES string of the molecule is CCN(C)C(=O)CCS(=O)(=O)c1ccc(Cl)cc1NS(=O)(=O)c1ccc(Cl)cc1F. The first kappa shape index (κ1) is 24.4. The zero-order valence-corrected chi connectivity index (χ0v) is 19.2. The Kier molecular flexibility index (Phi) is 7.73. The summed E-state index contributed by atoms with van der Waals surface area (Å²) in [6.45, 7) is 2.16. The van der Waals surface area contributed by atoms with Crippen molar-refractivity contribution in [2.24, 2.45) is 0 Å². The van der Waals surface area contributed by atoms with Crippen molar-refractivity contribution in [3.05, 3.63) is 52.3 Å². The van der Waals surface area contributed by atoms with E-state index in [-0.39, 0.29) is 33.0 Å². The van der Waals surface area contributed by atoms with Crippen LogP contribution in [0.25, 0.3) is 0 Å². The fraction of sp³-hybridized carbons (Fsp3) is 0.278. The molecule has 0 atom stereocenters. The number of carbonyl (C=O) groups excluding carboxylic acids is 1. The normalized spacial score (nSPS) is 11.9. The minimum Gasteiger partial charge on any atom is -0.346 e. The van der Waals surface area contributed by atoms with E-state index in [4.69, 9.17) is 23.2 Å². The van der Waals surface area contributed by atoms with E-state index in [0.717, 1.165) is 24.3 Å². The van der Waals surface area contributed by atoms with Crippen molar-refractivity contribution in [1.82, 2.24) is 4.90 Å². The Morgan fingerprint density at radius 1 is 1.03 bits per heavy atom. The predicted octanol–water partition coefficient (Wildman–Crippen LogP) is 3.58. The highest BCUT2D eigenvalue weighted by Crippen LogP contribution is 2.30. The zero-order chi connectivity index (χ0) is 22.7. The zero-order valence-electron chi connectivity index (χ0n) is 16.0. The number of nitrogens with zero attached hydrogens (tertiary/aromatic N) is 1. The van der Waals surface area contributed by atoms with E-state index < -0.39 is 36.3 Å². The molecule has 1 N–H and O–H groups in total. The molecule has 0 saturated heterocycles. The largest absolute Gasteiger partial charge is 0.346 e. The molecule has 0 bridgehead atoms. The van der Waals surface area contributed by atoms with Crippen LogP contribution < -0.4 is 4.72 Å². The average molecular weight is 497 g/mol. The molecule has 0 aliphatic carbocycles. The van der Waals surface area contributed by atoms with Gasteiger partial charge in [0.25, 0.3) is 10.0 Å². The molecule has 0 unspecified atom stereocenters. The Hall–Kier alpha value is -1.88. The molecule has 0 aliphatic heterocycles. The van der Waals surface area contributed by atoms with Crippen molar-refractivity contribution in [2.45, 2.75) is 23.1 Å². The van der Waals surface area contributed by atoms with E-state index >= 15 is 0 Å². The number of rotatable bonds is 8. The number of sulfonamides is 1. The van der Waals surface area contributed by atoms with Gasteiger partial charge in [-0.15, -0.1) is 0 Å². The second-order valence-electron chi connectivity index (χ2n) is 6.30. The van der Waals surface area contributed by atoms with E-state index in [1.807, 2.05) is 0 Å². The number of sulfone groups is 1. The molecular formula is C18H19Cl2FN2O5S2. The van der Waals surface area contributed by atoms with Gasteiger partial charge in [-0.1, -0.05) is 23.2 Å². The van der Waals surface area contributed by atoms with E-state index in [1.54, 1.807) is 6.92 Å². The van der Waals surface area contributed by atoms with Gasteiger partial charge in [0, 0.05) is 30.1 Å². The van der Waals surface area contributed by atoms with Crippen LogP contribution in [0.15, 0.2) is 46.2 Å². The fourth-order valence-corrected chi connectivity index (χ4v) is 5.36. The van der Waals surface area contributed by atoms with E-state index in [2.05, 4.69) is 4.72 Å². The molecule has 0 aromatic heterocycles. The number of hydrogen-bond acceptors (Lipinski definition) is 5. The van der Waals surface area contributed by atoms with E-state index in [9.17, 15) is 26.0 Å². The molecule has 2 aromatic carbocycles. The van der Waals surface area contributed by atoms with Crippen LogP contribution >= 0.6 is 23.2 Å². The third-order valence-corrected chi connectivity index (χ3v) is 7.83. The van der Waals surface area contributed by atoms with Gasteiger partial charge < -0.3 is 4.90 Å². The number of amides is 1. The van der Waals surface area contributed by atoms with Crippen LogP contribution in [0.2, 0.25) is 10.0 Å². The third kappa shape index (κ3) is 5.84. The summed E-state index contributed by atoms with van der Waals surface area (Å²) in [6, 6.07) is 6.46. The molecule has 2 aromatic rings. The molecule has 0 aliphatic rings. The molecule has 0 spiro atoms. The van der Waals surface area contributed by atoms with Gasteiger partial charge >= 0.3 is 0 Å². The summed E-state index contributed by atoms with van der Waals surface area (Å²) >= 11 is 11.5. The highest BCUT2D eigenvalue weighted by atomic mass is 35.5. The van der Waals surface area contributed by atoms with Gasteiger partial charge in [-0.25, -0.2) is 21.2 Å². The van der Waals surface area contributed by atoms with Crippen molar-refractivity contribution in [3.8, 4) is 0 Å². The number of halogens is 3. The summed E-state index contributed by atoms with van der Waals surface area (Å²) in [5.74, 6) is -2.02. The number of benzene rings is 2. The van der Waals surface area contributed by atoms with Crippen molar-refractivity contribution < 1.29 is 26.0 Å². The highest BCUT2D eigenvalue weighted by Gasteiger charge is 2.26. The molecule has 2 rings (SSSR count). The molecule has 164 valence electrons. The lowest BCUT2D eigenvalue weighted by molar-refractivity contribution is -0.129. The molecular weight excluding hydrogens is 478 g/mol. The van der Waals surface area contributed by atoms with Gasteiger partial charge in [-0.3, -0.25) is 9.52 Å². The Bertz CT molecular complexity index is 1170. The maximum absolute atomic E-state index is 14.1. The van der Waals surface area contributed by atoms with Gasteiger partial charge in [-0.05, 0) is 43.3 Å². The van der Waals surface area contributed by atoms with Crippen LogP contribution in [0.1, 0.15) is 13.3 Å². The smallest absolute Gasteiger partial charge is 0.264 e. The lowest BCUT2D eigenvalue weighted by Gasteiger charge is -2.16. The molecule has 0 heterocycles. The predicted molar refractivity (Wildman–Crippen MR) is 114 cm³/mol. The van der Waals surface area contributed by atoms with Crippen molar-refractivity contribution in [2.75, 3.05) is 24.1 Å². The average Bonchev–Trinajstić information content (AvgIpc) is 2.64. The van der Waals surface area contributed by atoms with E-state index in [0.29, 0.717) is 6.54 Å². The molecule has 1 amide bonds. The minimum absolute atomic E-state index is 0.000753. The summed E-state index contributed by atoms with van der Waals surface area (Å²) < 4.78 is 67.0. The maximum atomic E-state index is 14.1. The van der Waals surface area contributed by atoms with Gasteiger partial charge in [0.1, 0.15) is 10.7 Å². The van der Waals surface area contributed by atoms with Gasteiger partial charge in [0.15, 0.2) is 9.84 Å². The second-order valence-corrected chi connectivity index (χ2v) is 10.9. The van der Waals surface area contributed by atoms with Crippen molar-refractivity contribution in [3.63, 3.8) is 0 Å². The van der Waals surface area contributed by atoms with Gasteiger partial charge in [-0.2, -0.15) is 0 Å². The summed E-state index contributed by atoms with van der Waals surface area (Å²) in [5, 5.41) is 0.0595. The standard InChI is InChI=1S/C18H19Cl2FN2O5S2/c1-3-23(2)18(24)8-9-29(25,26)17-7-5-13(20)11-15(17)22-30(27,28)16-6-4-12(19)10-14(16)21/h4-7,10-11,22H,3,8-9H2,1-2H3. The fourth-order valence-electron chi connectivity index (χ4n) is 2.44. The number of hydrogen-bond donors (Lipinski definition) is 1. The van der Waals surface area contributed by atoms with E-state index in [1.165, 1.54) is 24.1 Å². The number of anilines is 1. The summed E-state index contributed by atoms with van der Waals surface area (Å²) in [6.07, 6.45) is -0.284. The topological polar surface area (TPSA) is 101 Å². The Balaban J connectivity index is 2.40. The summed E-state index contributed by atoms with van der Waals surface area (Å²) in [7, 11) is -7.02. The summed E-state index contributed by atoms with van der Waals surface area (Å²) in [4.78, 5) is 12.2. The monoisotopic (exact) mass is 496 g/mol.